The lowest BCUT2D eigenvalue weighted by Gasteiger charge is -2.28. The molecule has 0 aromatic carbocycles. The normalized spacial score (nSPS) is 25.4. The van der Waals surface area contributed by atoms with Crippen LogP contribution in [0.15, 0.2) is 17.1 Å². The largest absolute Gasteiger partial charge is 0.474 e. The molecule has 0 bridgehead atoms. The number of ether oxygens (including phenoxy) is 1. The smallest absolute Gasteiger partial charge is 0.387 e. The summed E-state index contributed by atoms with van der Waals surface area (Å²) in [5.41, 5.74) is -2.65. The van der Waals surface area contributed by atoms with Crippen molar-refractivity contribution in [2.75, 3.05) is 31.3 Å². The first-order valence-electron chi connectivity index (χ1n) is 11.9. The minimum atomic E-state index is -4.68. The van der Waals surface area contributed by atoms with Gasteiger partial charge in [-0.15, -0.1) is 0 Å². The molecule has 1 fully saturated rings. The first-order valence-corrected chi connectivity index (χ1v) is 14.8. The van der Waals surface area contributed by atoms with Gasteiger partial charge in [0.25, 0.3) is 5.56 Å². The first-order chi connectivity index (χ1) is 17.7. The Labute approximate surface area is 224 Å². The standard InChI is InChI=1S/C20H31N2O10PS3/c1-4-15(24)35-10-8-29-33(28,30-9-11-36-16(25)5-2)31-12-13-17(26)20(3,27)18(32-13)22-7-6-14(23)21-19(22)34/h6-7,13,17-18,26-27H,4-5,8-12H2,1-3H3,(H,21,23,34)/t13-,17+,18-,20?/m1/s1/i12D2. The van der Waals surface area contributed by atoms with Gasteiger partial charge >= 0.3 is 7.82 Å². The summed E-state index contributed by atoms with van der Waals surface area (Å²) in [6, 6.07) is 1.10. The number of hydrogen-bond donors (Lipinski definition) is 3. The van der Waals surface area contributed by atoms with Crippen LogP contribution in [-0.2, 0) is 32.5 Å². The highest BCUT2D eigenvalue weighted by Crippen LogP contribution is 2.50. The predicted molar refractivity (Wildman–Crippen MR) is 137 cm³/mol. The lowest BCUT2D eigenvalue weighted by molar-refractivity contribution is -0.111. The number of phosphoric acid groups is 1. The van der Waals surface area contributed by atoms with Crippen LogP contribution in [0.2, 0.25) is 0 Å². The Balaban J connectivity index is 2.23. The molecule has 0 spiro atoms. The monoisotopic (exact) mass is 588 g/mol. The number of hydrogen-bond acceptors (Lipinski definition) is 13. The van der Waals surface area contributed by atoms with Crippen LogP contribution >= 0.6 is 43.6 Å². The van der Waals surface area contributed by atoms with Crippen molar-refractivity contribution in [1.82, 2.24) is 9.55 Å². The second kappa shape index (κ2) is 14.3. The molecule has 2 heterocycles. The molecule has 3 N–H and O–H groups in total. The molecular formula is C20H31N2O10PS3. The summed E-state index contributed by atoms with van der Waals surface area (Å²) in [6.45, 7) is 0.870. The van der Waals surface area contributed by atoms with Gasteiger partial charge in [0.2, 0.25) is 0 Å². The van der Waals surface area contributed by atoms with Crippen molar-refractivity contribution in [3.05, 3.63) is 27.4 Å². The summed E-state index contributed by atoms with van der Waals surface area (Å²) in [5, 5.41) is 21.4. The van der Waals surface area contributed by atoms with Crippen LogP contribution in [0, 0.1) is 4.77 Å². The number of thioether (sulfide) groups is 2. The van der Waals surface area contributed by atoms with E-state index >= 15 is 0 Å². The van der Waals surface area contributed by atoms with Gasteiger partial charge in [-0.1, -0.05) is 37.4 Å². The van der Waals surface area contributed by atoms with Crippen molar-refractivity contribution in [3.63, 3.8) is 0 Å². The fourth-order valence-electron chi connectivity index (χ4n) is 2.87. The maximum absolute atomic E-state index is 13.4. The third-order valence-electron chi connectivity index (χ3n) is 4.81. The van der Waals surface area contributed by atoms with Gasteiger partial charge in [-0.25, -0.2) is 4.57 Å². The van der Waals surface area contributed by atoms with Gasteiger partial charge in [0, 0.05) is 36.6 Å². The molecule has 0 radical (unpaired) electrons. The van der Waals surface area contributed by atoms with Crippen LogP contribution in [0.3, 0.4) is 0 Å². The number of carbonyl (C=O) groups is 2. The van der Waals surface area contributed by atoms with Crippen molar-refractivity contribution >= 4 is 53.8 Å². The van der Waals surface area contributed by atoms with Crippen molar-refractivity contribution in [3.8, 4) is 0 Å². The van der Waals surface area contributed by atoms with E-state index < -0.39 is 44.0 Å². The number of carbonyl (C=O) groups excluding carboxylic acids is 2. The van der Waals surface area contributed by atoms with Gasteiger partial charge in [-0.3, -0.25) is 37.5 Å². The van der Waals surface area contributed by atoms with Crippen LogP contribution in [0.25, 0.3) is 0 Å². The zero-order valence-electron chi connectivity index (χ0n) is 21.9. The second-order valence-electron chi connectivity index (χ2n) is 7.57. The molecular weight excluding hydrogens is 555 g/mol. The summed E-state index contributed by atoms with van der Waals surface area (Å²) >= 11 is 6.93. The Morgan fingerprint density at radius 1 is 1.25 bits per heavy atom. The quantitative estimate of drug-likeness (QED) is 0.165. The van der Waals surface area contributed by atoms with Gasteiger partial charge in [0.1, 0.15) is 17.8 Å². The van der Waals surface area contributed by atoms with Gasteiger partial charge < -0.3 is 14.9 Å². The Hall–Kier alpha value is -0.870. The Morgan fingerprint density at radius 2 is 1.81 bits per heavy atom. The fourth-order valence-corrected chi connectivity index (χ4v) is 5.62. The number of aliphatic hydroxyl groups excluding tert-OH is 1. The zero-order chi connectivity index (χ0) is 28.7. The van der Waals surface area contributed by atoms with Crippen LogP contribution in [0.5, 0.6) is 0 Å². The minimum Gasteiger partial charge on any atom is -0.387 e. The highest BCUT2D eigenvalue weighted by atomic mass is 32.2. The molecule has 204 valence electrons. The number of nitrogens with zero attached hydrogens (tertiary/aromatic N) is 1. The second-order valence-corrected chi connectivity index (χ2v) is 11.9. The average Bonchev–Trinajstić information content (AvgIpc) is 3.08. The highest BCUT2D eigenvalue weighted by Gasteiger charge is 2.53. The van der Waals surface area contributed by atoms with Crippen molar-refractivity contribution < 1.29 is 45.4 Å². The maximum atomic E-state index is 13.4. The Kier molecular flexibility index (Phi) is 11.2. The summed E-state index contributed by atoms with van der Waals surface area (Å²) < 4.78 is 52.3. The van der Waals surface area contributed by atoms with Crippen LogP contribution in [-0.4, -0.2) is 79.1 Å². The summed E-state index contributed by atoms with van der Waals surface area (Å²) in [4.78, 5) is 36.9. The summed E-state index contributed by atoms with van der Waals surface area (Å²) in [7, 11) is -4.68. The predicted octanol–water partition coefficient (Wildman–Crippen LogP) is 2.41. The molecule has 1 saturated heterocycles. The van der Waals surface area contributed by atoms with Crippen molar-refractivity contribution in [2.45, 2.75) is 57.6 Å². The van der Waals surface area contributed by atoms with Gasteiger partial charge in [0.05, 0.1) is 22.5 Å². The number of H-pyrrole nitrogens is 1. The Bertz CT molecular complexity index is 1120. The molecule has 0 saturated carbocycles. The van der Waals surface area contributed by atoms with E-state index in [9.17, 15) is 29.2 Å². The number of phosphoric ester groups is 1. The van der Waals surface area contributed by atoms with E-state index in [2.05, 4.69) is 4.98 Å². The van der Waals surface area contributed by atoms with Crippen LogP contribution < -0.4 is 5.56 Å². The first kappa shape index (κ1) is 28.1. The molecule has 0 amide bonds. The number of aliphatic hydroxyl groups is 2. The number of rotatable bonds is 14. The van der Waals surface area contributed by atoms with Gasteiger partial charge in [-0.2, -0.15) is 0 Å². The van der Waals surface area contributed by atoms with Crippen LogP contribution in [0.4, 0.5) is 0 Å². The topological polar surface area (TPSA) is 166 Å². The molecule has 36 heavy (non-hydrogen) atoms. The van der Waals surface area contributed by atoms with Crippen molar-refractivity contribution in [2.24, 2.45) is 0 Å². The van der Waals surface area contributed by atoms with E-state index in [0.29, 0.717) is 0 Å². The van der Waals surface area contributed by atoms with Crippen molar-refractivity contribution in [1.29, 1.82) is 0 Å². The summed E-state index contributed by atoms with van der Waals surface area (Å²) in [5.74, 6) is 0.165. The SMILES string of the molecule is [2H]C([2H])(OP(=O)(OCCSC(=O)CC)OCCSC(=O)CC)[C@H]1O[C@@H](n2ccc(=O)[nH]c2=S)C(C)(O)[C@H]1O. The van der Waals surface area contributed by atoms with Crippen LogP contribution in [0.1, 0.15) is 42.6 Å². The Morgan fingerprint density at radius 3 is 2.31 bits per heavy atom. The highest BCUT2D eigenvalue weighted by molar-refractivity contribution is 8.13. The number of nitrogens with one attached hydrogen (secondary N) is 1. The molecule has 1 unspecified atom stereocenters. The van der Waals surface area contributed by atoms with E-state index in [1.165, 1.54) is 13.1 Å². The third kappa shape index (κ3) is 8.86. The summed E-state index contributed by atoms with van der Waals surface area (Å²) in [6.07, 6.45) is -3.53. The minimum absolute atomic E-state index is 0.0826. The molecule has 0 aliphatic carbocycles. The lowest BCUT2D eigenvalue weighted by Crippen LogP contribution is -2.44. The van der Waals surface area contributed by atoms with E-state index in [4.69, 9.17) is 33.3 Å². The zero-order valence-corrected chi connectivity index (χ0v) is 23.3. The third-order valence-corrected chi connectivity index (χ3v) is 8.42. The van der Waals surface area contributed by atoms with E-state index in [-0.39, 0.29) is 52.6 Å². The average molecular weight is 589 g/mol. The van der Waals surface area contributed by atoms with E-state index in [1.807, 2.05) is 0 Å². The van der Waals surface area contributed by atoms with E-state index in [0.717, 1.165) is 34.2 Å². The lowest BCUT2D eigenvalue weighted by atomic mass is 9.96. The van der Waals surface area contributed by atoms with E-state index in [1.54, 1.807) is 13.8 Å². The number of aromatic amines is 1. The molecule has 2 rings (SSSR count). The van der Waals surface area contributed by atoms with Gasteiger partial charge in [-0.05, 0) is 19.1 Å². The molecule has 16 heteroatoms. The molecule has 1 aromatic heterocycles. The molecule has 4 atom stereocenters. The molecule has 1 aromatic rings. The van der Waals surface area contributed by atoms with Gasteiger partial charge in [0.15, 0.2) is 21.2 Å². The molecule has 12 nitrogen and oxygen atoms in total. The molecule has 1 aliphatic rings. The number of aromatic nitrogens is 2. The molecule has 1 aliphatic heterocycles. The maximum Gasteiger partial charge on any atom is 0.474 e. The fraction of sp³-hybridized carbons (Fsp3) is 0.700.